The van der Waals surface area contributed by atoms with E-state index in [4.69, 9.17) is 0 Å². The normalized spacial score (nSPS) is 15.8. The first-order valence-electron chi connectivity index (χ1n) is 7.93. The van der Waals surface area contributed by atoms with Gasteiger partial charge in [-0.1, -0.05) is 19.9 Å². The molecule has 132 valence electrons. The van der Waals surface area contributed by atoms with Crippen molar-refractivity contribution in [3.8, 4) is 0 Å². The van der Waals surface area contributed by atoms with E-state index in [9.17, 15) is 22.8 Å². The van der Waals surface area contributed by atoms with Gasteiger partial charge in [-0.05, 0) is 24.1 Å². The second-order valence-corrected chi connectivity index (χ2v) is 6.35. The highest BCUT2D eigenvalue weighted by Gasteiger charge is 2.32. The molecule has 7 heteroatoms. The summed E-state index contributed by atoms with van der Waals surface area (Å²) in [6.07, 6.45) is -4.01. The molecule has 0 spiro atoms. The molecule has 1 saturated heterocycles. The number of rotatable bonds is 3. The van der Waals surface area contributed by atoms with E-state index in [2.05, 4.69) is 0 Å². The number of hydrogen-bond donors (Lipinski definition) is 0. The molecule has 1 aliphatic rings. The van der Waals surface area contributed by atoms with Crippen LogP contribution in [0.3, 0.4) is 0 Å². The van der Waals surface area contributed by atoms with Gasteiger partial charge in [-0.2, -0.15) is 13.2 Å². The van der Waals surface area contributed by atoms with Crippen LogP contribution >= 0.6 is 0 Å². The largest absolute Gasteiger partial charge is 0.416 e. The lowest BCUT2D eigenvalue weighted by Gasteiger charge is -2.35. The lowest BCUT2D eigenvalue weighted by Crippen LogP contribution is -2.50. The lowest BCUT2D eigenvalue weighted by atomic mass is 10.1. The van der Waals surface area contributed by atoms with E-state index in [1.165, 1.54) is 17.0 Å². The van der Waals surface area contributed by atoms with Gasteiger partial charge in [0.1, 0.15) is 0 Å². The van der Waals surface area contributed by atoms with Crippen molar-refractivity contribution in [2.45, 2.75) is 26.4 Å². The van der Waals surface area contributed by atoms with E-state index in [0.29, 0.717) is 32.6 Å². The Hall–Kier alpha value is -2.05. The van der Waals surface area contributed by atoms with E-state index < -0.39 is 17.6 Å². The molecule has 2 rings (SSSR count). The summed E-state index contributed by atoms with van der Waals surface area (Å²) >= 11 is 0. The van der Waals surface area contributed by atoms with E-state index in [0.717, 1.165) is 12.1 Å². The maximum Gasteiger partial charge on any atom is 0.416 e. The Kier molecular flexibility index (Phi) is 5.51. The van der Waals surface area contributed by atoms with E-state index in [-0.39, 0.29) is 17.4 Å². The summed E-state index contributed by atoms with van der Waals surface area (Å²) < 4.78 is 38.2. The van der Waals surface area contributed by atoms with Crippen LogP contribution in [-0.2, 0) is 11.0 Å². The van der Waals surface area contributed by atoms with Gasteiger partial charge in [-0.15, -0.1) is 0 Å². The van der Waals surface area contributed by atoms with Crippen LogP contribution in [0, 0.1) is 5.92 Å². The fourth-order valence-electron chi connectivity index (χ4n) is 2.65. The van der Waals surface area contributed by atoms with Crippen molar-refractivity contribution in [3.63, 3.8) is 0 Å². The average molecular weight is 342 g/mol. The molecule has 0 radical (unpaired) electrons. The molecule has 0 atom stereocenters. The Bertz CT molecular complexity index is 606. The molecule has 0 N–H and O–H groups in total. The minimum atomic E-state index is -4.47. The Labute approximate surface area is 139 Å². The van der Waals surface area contributed by atoms with Crippen LogP contribution in [0.25, 0.3) is 0 Å². The predicted octanol–water partition coefficient (Wildman–Crippen LogP) is 3.04. The highest BCUT2D eigenvalue weighted by molar-refractivity contribution is 5.94. The van der Waals surface area contributed by atoms with Crippen LogP contribution in [0.4, 0.5) is 13.2 Å². The highest BCUT2D eigenvalue weighted by Crippen LogP contribution is 2.29. The maximum atomic E-state index is 12.7. The highest BCUT2D eigenvalue weighted by atomic mass is 19.4. The van der Waals surface area contributed by atoms with Crippen molar-refractivity contribution in [2.75, 3.05) is 26.2 Å². The van der Waals surface area contributed by atoms with E-state index in [1.54, 1.807) is 4.90 Å². The number of benzene rings is 1. The number of carbonyl (C=O) groups excluding carboxylic acids is 2. The van der Waals surface area contributed by atoms with Crippen molar-refractivity contribution < 1.29 is 22.8 Å². The number of amides is 2. The molecule has 2 amide bonds. The fraction of sp³-hybridized carbons (Fsp3) is 0.529. The molecule has 1 heterocycles. The molecule has 1 aromatic rings. The molecule has 1 aromatic carbocycles. The van der Waals surface area contributed by atoms with Gasteiger partial charge in [-0.3, -0.25) is 9.59 Å². The van der Waals surface area contributed by atoms with Gasteiger partial charge in [0.15, 0.2) is 0 Å². The Morgan fingerprint density at radius 1 is 1.08 bits per heavy atom. The molecule has 0 bridgehead atoms. The molecule has 4 nitrogen and oxygen atoms in total. The number of hydrogen-bond acceptors (Lipinski definition) is 2. The smallest absolute Gasteiger partial charge is 0.339 e. The summed E-state index contributed by atoms with van der Waals surface area (Å²) in [7, 11) is 0. The second-order valence-electron chi connectivity index (χ2n) is 6.35. The van der Waals surface area contributed by atoms with Crippen molar-refractivity contribution in [1.29, 1.82) is 0 Å². The van der Waals surface area contributed by atoms with Gasteiger partial charge in [0.25, 0.3) is 5.91 Å². The van der Waals surface area contributed by atoms with Crippen molar-refractivity contribution >= 4 is 11.8 Å². The Balaban J connectivity index is 1.99. The SMILES string of the molecule is CC(C)CC(=O)N1CCN(C(=O)c2cccc(C(F)(F)F)c2)CC1. The molecule has 0 saturated carbocycles. The maximum absolute atomic E-state index is 12.7. The van der Waals surface area contributed by atoms with Crippen molar-refractivity contribution in [1.82, 2.24) is 9.80 Å². The van der Waals surface area contributed by atoms with Crippen molar-refractivity contribution in [3.05, 3.63) is 35.4 Å². The quantitative estimate of drug-likeness (QED) is 0.847. The van der Waals surface area contributed by atoms with Crippen LogP contribution in [0.5, 0.6) is 0 Å². The van der Waals surface area contributed by atoms with E-state index in [1.807, 2.05) is 13.8 Å². The van der Waals surface area contributed by atoms with Crippen molar-refractivity contribution in [2.24, 2.45) is 5.92 Å². The standard InChI is InChI=1S/C17H21F3N2O2/c1-12(2)10-15(23)21-6-8-22(9-7-21)16(24)13-4-3-5-14(11-13)17(18,19)20/h3-5,11-12H,6-10H2,1-2H3. The third-order valence-electron chi connectivity index (χ3n) is 3.94. The van der Waals surface area contributed by atoms with Crippen LogP contribution in [0.2, 0.25) is 0 Å². The van der Waals surface area contributed by atoms with Crippen LogP contribution in [0.1, 0.15) is 36.2 Å². The number of alkyl halides is 3. The number of carbonyl (C=O) groups is 2. The summed E-state index contributed by atoms with van der Waals surface area (Å²) in [6, 6.07) is 4.43. The molecule has 0 aliphatic carbocycles. The van der Waals surface area contributed by atoms with Crippen LogP contribution in [0.15, 0.2) is 24.3 Å². The lowest BCUT2D eigenvalue weighted by molar-refractivity contribution is -0.137. The van der Waals surface area contributed by atoms with Crippen LogP contribution in [-0.4, -0.2) is 47.8 Å². The molecule has 0 unspecified atom stereocenters. The summed E-state index contributed by atoms with van der Waals surface area (Å²) in [5.41, 5.74) is -0.814. The first-order valence-corrected chi connectivity index (χ1v) is 7.93. The topological polar surface area (TPSA) is 40.6 Å². The Morgan fingerprint density at radius 3 is 2.21 bits per heavy atom. The first-order chi connectivity index (χ1) is 11.2. The molecular formula is C17H21F3N2O2. The number of nitrogens with zero attached hydrogens (tertiary/aromatic N) is 2. The molecule has 0 aromatic heterocycles. The monoisotopic (exact) mass is 342 g/mol. The fourth-order valence-corrected chi connectivity index (χ4v) is 2.65. The minimum absolute atomic E-state index is 0.0202. The van der Waals surface area contributed by atoms with Gasteiger partial charge in [0, 0.05) is 38.2 Å². The third kappa shape index (κ3) is 4.49. The summed E-state index contributed by atoms with van der Waals surface area (Å²) in [5, 5.41) is 0. The summed E-state index contributed by atoms with van der Waals surface area (Å²) in [4.78, 5) is 27.6. The van der Waals surface area contributed by atoms with Gasteiger partial charge in [0.2, 0.25) is 5.91 Å². The second kappa shape index (κ2) is 7.23. The molecule has 1 aliphatic heterocycles. The minimum Gasteiger partial charge on any atom is -0.339 e. The Morgan fingerprint density at radius 2 is 1.67 bits per heavy atom. The van der Waals surface area contributed by atoms with Gasteiger partial charge < -0.3 is 9.80 Å². The first kappa shape index (κ1) is 18.3. The molecular weight excluding hydrogens is 321 g/mol. The zero-order valence-electron chi connectivity index (χ0n) is 13.8. The van der Waals surface area contributed by atoms with E-state index >= 15 is 0 Å². The average Bonchev–Trinajstić information content (AvgIpc) is 2.53. The summed E-state index contributed by atoms with van der Waals surface area (Å²) in [5.74, 6) is -0.115. The molecule has 1 fully saturated rings. The zero-order valence-corrected chi connectivity index (χ0v) is 13.8. The third-order valence-corrected chi connectivity index (χ3v) is 3.94. The summed E-state index contributed by atoms with van der Waals surface area (Å²) in [6.45, 7) is 5.42. The van der Waals surface area contributed by atoms with Crippen LogP contribution < -0.4 is 0 Å². The zero-order chi connectivity index (χ0) is 17.9. The number of piperazine rings is 1. The van der Waals surface area contributed by atoms with Gasteiger partial charge in [-0.25, -0.2) is 0 Å². The number of halogens is 3. The molecule has 24 heavy (non-hydrogen) atoms. The van der Waals surface area contributed by atoms with Gasteiger partial charge >= 0.3 is 6.18 Å². The van der Waals surface area contributed by atoms with Gasteiger partial charge in [0.05, 0.1) is 5.56 Å². The predicted molar refractivity (Wildman–Crippen MR) is 83.4 cm³/mol.